The number of benzene rings is 1. The van der Waals surface area contributed by atoms with Gasteiger partial charge in [-0.3, -0.25) is 11.3 Å². The first-order valence-corrected chi connectivity index (χ1v) is 3.50. The van der Waals surface area contributed by atoms with Crippen molar-refractivity contribution in [3.63, 3.8) is 0 Å². The van der Waals surface area contributed by atoms with Crippen LogP contribution in [0.3, 0.4) is 0 Å². The molecule has 0 aliphatic carbocycles. The summed E-state index contributed by atoms with van der Waals surface area (Å²) in [5.74, 6) is 0. The average Bonchev–Trinajstić information content (AvgIpc) is 2.33. The van der Waals surface area contributed by atoms with Gasteiger partial charge in [0.2, 0.25) is 0 Å². The van der Waals surface area contributed by atoms with Crippen molar-refractivity contribution in [3.05, 3.63) is 37.2 Å². The maximum atomic E-state index is 4.01. The third-order valence-electron chi connectivity index (χ3n) is 1.19. The number of hydrogen-bond donors (Lipinski definition) is 0. The zero-order valence-corrected chi connectivity index (χ0v) is 8.54. The van der Waals surface area contributed by atoms with Gasteiger partial charge in [-0.15, -0.1) is 16.8 Å². The van der Waals surface area contributed by atoms with E-state index in [0.29, 0.717) is 0 Å². The van der Waals surface area contributed by atoms with E-state index >= 15 is 0 Å². The fraction of sp³-hybridized carbons (Fsp3) is 0. The first-order chi connectivity index (χ1) is 4.47. The minimum Gasteiger partial charge on any atom is -0.386 e. The molecule has 1 nitrogen and oxygen atoms in total. The summed E-state index contributed by atoms with van der Waals surface area (Å²) in [7, 11) is 0. The topological polar surface area (TPSA) is 12.9 Å². The van der Waals surface area contributed by atoms with Crippen molar-refractivity contribution in [2.45, 2.75) is 0 Å². The van der Waals surface area contributed by atoms with Crippen LogP contribution in [-0.4, -0.2) is 4.98 Å². The van der Waals surface area contributed by atoms with Gasteiger partial charge in [0.15, 0.2) is 0 Å². The van der Waals surface area contributed by atoms with Gasteiger partial charge in [0, 0.05) is 0 Å². The van der Waals surface area contributed by atoms with Gasteiger partial charge in [0.05, 0.1) is 0 Å². The molecule has 0 aliphatic heterocycles. The van der Waals surface area contributed by atoms with E-state index < -0.39 is 0 Å². The van der Waals surface area contributed by atoms with Crippen molar-refractivity contribution in [1.82, 2.24) is 4.98 Å². The Morgan fingerprint density at radius 3 is 2.73 bits per heavy atom. The Balaban J connectivity index is 0.000000500. The number of thiazole rings is 1. The van der Waals surface area contributed by atoms with Crippen LogP contribution >= 0.6 is 11.3 Å². The van der Waals surface area contributed by atoms with Gasteiger partial charge >= 0.3 is 21.7 Å². The summed E-state index contributed by atoms with van der Waals surface area (Å²) in [6.07, 6.45) is 0. The van der Waals surface area contributed by atoms with Crippen molar-refractivity contribution >= 4 is 21.6 Å². The number of rotatable bonds is 0. The number of hydrogen-bond acceptors (Lipinski definition) is 2. The quantitative estimate of drug-likeness (QED) is 0.467. The number of nitrogens with zero attached hydrogens (tertiary/aromatic N) is 1. The Bertz CT molecular complexity index is 288. The Labute approximate surface area is 85.3 Å². The van der Waals surface area contributed by atoms with Gasteiger partial charge < -0.3 is 12.4 Å². The van der Waals surface area contributed by atoms with Gasteiger partial charge in [0.25, 0.3) is 0 Å². The predicted molar refractivity (Wildman–Crippen MR) is 44.9 cm³/mol. The third kappa shape index (κ3) is 2.12. The van der Waals surface area contributed by atoms with E-state index in [4.69, 9.17) is 0 Å². The van der Waals surface area contributed by atoms with Crippen molar-refractivity contribution < 1.29 is 21.7 Å². The second kappa shape index (κ2) is 4.65. The third-order valence-corrected chi connectivity index (χ3v) is 1.93. The van der Waals surface area contributed by atoms with Crippen LogP contribution in [0.1, 0.15) is 0 Å². The molecule has 0 N–H and O–H groups in total. The molecule has 0 aliphatic rings. The van der Waals surface area contributed by atoms with Crippen LogP contribution in [0.2, 0.25) is 0 Å². The fourth-order valence-electron chi connectivity index (χ4n) is 0.757. The first-order valence-electron chi connectivity index (χ1n) is 2.68. The van der Waals surface area contributed by atoms with Gasteiger partial charge in [-0.2, -0.15) is 0 Å². The fourth-order valence-corrected chi connectivity index (χ4v) is 1.36. The molecule has 1 heterocycles. The molecule has 0 spiro atoms. The molecule has 2 aromatic rings. The molecular formula is C8H7NSTi. The van der Waals surface area contributed by atoms with Gasteiger partial charge in [-0.05, 0) is 5.51 Å². The molecule has 0 saturated heterocycles. The largest absolute Gasteiger partial charge is 2.00 e. The molecule has 0 amide bonds. The zero-order valence-electron chi connectivity index (χ0n) is 6.16. The minimum atomic E-state index is 0. The Hall–Kier alpha value is -0.176. The van der Waals surface area contributed by atoms with E-state index in [1.54, 1.807) is 11.3 Å². The summed E-state index contributed by atoms with van der Waals surface area (Å²) >= 11 is 1.55. The molecule has 0 atom stereocenters. The summed E-state index contributed by atoms with van der Waals surface area (Å²) in [5.41, 5.74) is 3.87. The number of aromatic nitrogens is 1. The normalized spacial score (nSPS) is 8.36. The van der Waals surface area contributed by atoms with Crippen LogP contribution in [0.5, 0.6) is 0 Å². The molecule has 0 fully saturated rings. The van der Waals surface area contributed by atoms with Crippen LogP contribution in [0.25, 0.3) is 10.2 Å². The summed E-state index contributed by atoms with van der Waals surface area (Å²) in [6, 6.07) is 8.02. The SMILES string of the molecule is [CH3-].[Ti+2].[c-]1nc2ccccc2s1. The smallest absolute Gasteiger partial charge is 0.386 e. The summed E-state index contributed by atoms with van der Waals surface area (Å²) in [6.45, 7) is 0. The summed E-state index contributed by atoms with van der Waals surface area (Å²) < 4.78 is 1.21. The van der Waals surface area contributed by atoms with Gasteiger partial charge in [-0.25, -0.2) is 0 Å². The Morgan fingerprint density at radius 2 is 2.00 bits per heavy atom. The standard InChI is InChI=1S/C7H4NS.CH3.Ti/c1-2-4-7-6(3-1)8-5-9-7;;/h1-4H;1H3;/q2*-1;+2. The van der Waals surface area contributed by atoms with Crippen molar-refractivity contribution in [2.24, 2.45) is 0 Å². The molecule has 3 heteroatoms. The number of para-hydroxylation sites is 1. The van der Waals surface area contributed by atoms with Crippen molar-refractivity contribution in [1.29, 1.82) is 0 Å². The van der Waals surface area contributed by atoms with Crippen molar-refractivity contribution in [2.75, 3.05) is 0 Å². The molecule has 0 bridgehead atoms. The summed E-state index contributed by atoms with van der Waals surface area (Å²) in [5, 5.41) is 0. The molecule has 54 valence electrons. The van der Waals surface area contributed by atoms with E-state index in [9.17, 15) is 0 Å². The van der Waals surface area contributed by atoms with E-state index in [2.05, 4.69) is 10.5 Å². The van der Waals surface area contributed by atoms with E-state index in [0.717, 1.165) is 5.52 Å². The maximum Gasteiger partial charge on any atom is 2.00 e. The zero-order chi connectivity index (χ0) is 6.10. The second-order valence-electron chi connectivity index (χ2n) is 1.77. The van der Waals surface area contributed by atoms with Crippen molar-refractivity contribution in [3.8, 4) is 0 Å². The van der Waals surface area contributed by atoms with Crippen LogP contribution in [0.15, 0.2) is 24.3 Å². The van der Waals surface area contributed by atoms with Gasteiger partial charge in [-0.1, -0.05) is 17.6 Å². The predicted octanol–water partition coefficient (Wildman–Crippen LogP) is 2.54. The van der Waals surface area contributed by atoms with Crippen LogP contribution in [0.4, 0.5) is 0 Å². The molecular weight excluding hydrogens is 190 g/mol. The number of fused-ring (bicyclic) bond motifs is 1. The minimum absolute atomic E-state index is 0. The van der Waals surface area contributed by atoms with E-state index in [1.165, 1.54) is 4.70 Å². The van der Waals surface area contributed by atoms with E-state index in [1.807, 2.05) is 24.3 Å². The Kier molecular flexibility index (Phi) is 4.58. The first kappa shape index (κ1) is 10.8. The average molecular weight is 197 g/mol. The molecule has 0 radical (unpaired) electrons. The van der Waals surface area contributed by atoms with Crippen LogP contribution in [0, 0.1) is 12.9 Å². The molecule has 1 aromatic heterocycles. The maximum absolute atomic E-state index is 4.01. The Morgan fingerprint density at radius 1 is 1.27 bits per heavy atom. The van der Waals surface area contributed by atoms with Crippen LogP contribution in [-0.2, 0) is 21.7 Å². The second-order valence-corrected chi connectivity index (χ2v) is 2.60. The van der Waals surface area contributed by atoms with Gasteiger partial charge in [0.1, 0.15) is 0 Å². The molecule has 11 heavy (non-hydrogen) atoms. The molecule has 1 aromatic carbocycles. The summed E-state index contributed by atoms with van der Waals surface area (Å²) in [4.78, 5) is 4.01. The molecule has 0 saturated carbocycles. The monoisotopic (exact) mass is 197 g/mol. The van der Waals surface area contributed by atoms with E-state index in [-0.39, 0.29) is 29.1 Å². The van der Waals surface area contributed by atoms with Crippen LogP contribution < -0.4 is 0 Å². The molecule has 0 unspecified atom stereocenters. The molecule has 2 rings (SSSR count).